The number of anilines is 1. The third kappa shape index (κ3) is 3.00. The van der Waals surface area contributed by atoms with Crippen LogP contribution in [0.3, 0.4) is 0 Å². The van der Waals surface area contributed by atoms with E-state index in [0.29, 0.717) is 11.5 Å². The predicted octanol–water partition coefficient (Wildman–Crippen LogP) is 1.58. The highest BCUT2D eigenvalue weighted by molar-refractivity contribution is 7.80. The van der Waals surface area contributed by atoms with Gasteiger partial charge in [-0.25, -0.2) is 4.98 Å². The fraction of sp³-hybridized carbons (Fsp3) is 0.533. The summed E-state index contributed by atoms with van der Waals surface area (Å²) in [6, 6.07) is 1.97. The molecule has 2 N–H and O–H groups in total. The van der Waals surface area contributed by atoms with Gasteiger partial charge in [-0.15, -0.1) is 0 Å². The molecule has 5 nitrogen and oxygen atoms in total. The number of aromatic nitrogens is 1. The Hall–Kier alpha value is -1.69. The second kappa shape index (κ2) is 5.97. The van der Waals surface area contributed by atoms with Gasteiger partial charge in [0.2, 0.25) is 0 Å². The maximum atomic E-state index is 11.8. The standard InChI is InChI=1S/C15H21N3O2S/c1-8-5-10(3)17-14(12(8)13(16)21)18-6-9(2)11(7-18)15(19)20-4/h5,9,11H,6-7H2,1-4H3,(H2,16,21). The summed E-state index contributed by atoms with van der Waals surface area (Å²) in [4.78, 5) is 18.9. The third-order valence-corrected chi connectivity index (χ3v) is 4.19. The molecule has 0 spiro atoms. The van der Waals surface area contributed by atoms with Crippen LogP contribution in [0.4, 0.5) is 5.82 Å². The van der Waals surface area contributed by atoms with Crippen molar-refractivity contribution >= 4 is 29.0 Å². The molecule has 2 atom stereocenters. The molecule has 0 radical (unpaired) electrons. The normalized spacial score (nSPS) is 21.4. The Labute approximate surface area is 130 Å². The molecule has 1 aliphatic heterocycles. The molecule has 2 rings (SSSR count). The SMILES string of the molecule is COC(=O)C1CN(c2nc(C)cc(C)c2C(N)=S)CC1C. The number of pyridine rings is 1. The largest absolute Gasteiger partial charge is 0.469 e. The zero-order valence-electron chi connectivity index (χ0n) is 12.8. The first-order valence-corrected chi connectivity index (χ1v) is 7.36. The average Bonchev–Trinajstić information content (AvgIpc) is 2.78. The van der Waals surface area contributed by atoms with Gasteiger partial charge in [0.1, 0.15) is 10.8 Å². The Kier molecular flexibility index (Phi) is 4.46. The van der Waals surface area contributed by atoms with E-state index in [0.717, 1.165) is 29.2 Å². The van der Waals surface area contributed by atoms with Crippen LogP contribution in [0.25, 0.3) is 0 Å². The van der Waals surface area contributed by atoms with Crippen molar-refractivity contribution in [2.45, 2.75) is 20.8 Å². The van der Waals surface area contributed by atoms with Crippen LogP contribution in [0.2, 0.25) is 0 Å². The van der Waals surface area contributed by atoms with E-state index < -0.39 is 0 Å². The Morgan fingerprint density at radius 1 is 1.48 bits per heavy atom. The molecule has 21 heavy (non-hydrogen) atoms. The summed E-state index contributed by atoms with van der Waals surface area (Å²) in [5.41, 5.74) is 8.59. The number of nitrogens with zero attached hydrogens (tertiary/aromatic N) is 2. The van der Waals surface area contributed by atoms with Crippen LogP contribution in [0.5, 0.6) is 0 Å². The number of hydrogen-bond donors (Lipinski definition) is 1. The Morgan fingerprint density at radius 3 is 2.71 bits per heavy atom. The summed E-state index contributed by atoms with van der Waals surface area (Å²) in [6.07, 6.45) is 0. The maximum absolute atomic E-state index is 11.8. The Morgan fingerprint density at radius 2 is 2.14 bits per heavy atom. The fourth-order valence-electron chi connectivity index (χ4n) is 2.95. The van der Waals surface area contributed by atoms with Gasteiger partial charge >= 0.3 is 5.97 Å². The lowest BCUT2D eigenvalue weighted by atomic mass is 9.99. The first-order valence-electron chi connectivity index (χ1n) is 6.96. The summed E-state index contributed by atoms with van der Waals surface area (Å²) in [6.45, 7) is 7.29. The number of nitrogens with two attached hydrogens (primary N) is 1. The van der Waals surface area contributed by atoms with Crippen LogP contribution < -0.4 is 10.6 Å². The number of methoxy groups -OCH3 is 1. The highest BCUT2D eigenvalue weighted by Gasteiger charge is 2.37. The number of carbonyl (C=O) groups excluding carboxylic acids is 1. The second-order valence-electron chi connectivity index (χ2n) is 5.66. The molecule has 1 aromatic heterocycles. The highest BCUT2D eigenvalue weighted by atomic mass is 32.1. The van der Waals surface area contributed by atoms with Gasteiger partial charge in [-0.3, -0.25) is 4.79 Å². The molecule has 1 fully saturated rings. The van der Waals surface area contributed by atoms with Crippen molar-refractivity contribution in [3.63, 3.8) is 0 Å². The molecule has 114 valence electrons. The number of ether oxygens (including phenoxy) is 1. The van der Waals surface area contributed by atoms with Crippen LogP contribution in [-0.4, -0.2) is 36.1 Å². The van der Waals surface area contributed by atoms with Crippen LogP contribution >= 0.6 is 12.2 Å². The molecule has 0 saturated carbocycles. The van der Waals surface area contributed by atoms with Crippen molar-refractivity contribution in [3.05, 3.63) is 22.9 Å². The summed E-state index contributed by atoms with van der Waals surface area (Å²) < 4.78 is 4.88. The minimum absolute atomic E-state index is 0.142. The van der Waals surface area contributed by atoms with Crippen molar-refractivity contribution in [1.29, 1.82) is 0 Å². The molecule has 2 heterocycles. The van der Waals surface area contributed by atoms with E-state index in [1.807, 2.05) is 26.8 Å². The monoisotopic (exact) mass is 307 g/mol. The van der Waals surface area contributed by atoms with Crippen LogP contribution in [0.15, 0.2) is 6.07 Å². The molecule has 0 aliphatic carbocycles. The first kappa shape index (κ1) is 15.7. The van der Waals surface area contributed by atoms with E-state index >= 15 is 0 Å². The number of esters is 1. The van der Waals surface area contributed by atoms with E-state index in [9.17, 15) is 4.79 Å². The van der Waals surface area contributed by atoms with Gasteiger partial charge in [-0.05, 0) is 31.4 Å². The van der Waals surface area contributed by atoms with Crippen molar-refractivity contribution in [3.8, 4) is 0 Å². The minimum atomic E-state index is -0.175. The number of carbonyl (C=O) groups is 1. The van der Waals surface area contributed by atoms with Gasteiger partial charge in [-0.1, -0.05) is 19.1 Å². The van der Waals surface area contributed by atoms with Crippen LogP contribution in [-0.2, 0) is 9.53 Å². The van der Waals surface area contributed by atoms with Gasteiger partial charge in [0.25, 0.3) is 0 Å². The minimum Gasteiger partial charge on any atom is -0.469 e. The second-order valence-corrected chi connectivity index (χ2v) is 6.10. The fourth-order valence-corrected chi connectivity index (χ4v) is 3.20. The molecule has 1 saturated heterocycles. The number of thiocarbonyl (C=S) groups is 1. The van der Waals surface area contributed by atoms with Crippen molar-refractivity contribution < 1.29 is 9.53 Å². The molecular weight excluding hydrogens is 286 g/mol. The Balaban J connectivity index is 2.39. The van der Waals surface area contributed by atoms with Crippen molar-refractivity contribution in [1.82, 2.24) is 4.98 Å². The smallest absolute Gasteiger partial charge is 0.310 e. The number of aryl methyl sites for hydroxylation is 2. The zero-order chi connectivity index (χ0) is 15.7. The van der Waals surface area contributed by atoms with E-state index in [-0.39, 0.29) is 17.8 Å². The van der Waals surface area contributed by atoms with Gasteiger partial charge < -0.3 is 15.4 Å². The van der Waals surface area contributed by atoms with Gasteiger partial charge in [0, 0.05) is 18.8 Å². The van der Waals surface area contributed by atoms with Crippen molar-refractivity contribution in [2.24, 2.45) is 17.6 Å². The number of rotatable bonds is 3. The molecule has 0 aromatic carbocycles. The number of hydrogen-bond acceptors (Lipinski definition) is 5. The predicted molar refractivity (Wildman–Crippen MR) is 86.5 cm³/mol. The lowest BCUT2D eigenvalue weighted by Gasteiger charge is -2.22. The summed E-state index contributed by atoms with van der Waals surface area (Å²) in [5, 5.41) is 0. The molecule has 1 aliphatic rings. The third-order valence-electron chi connectivity index (χ3n) is 3.99. The highest BCUT2D eigenvalue weighted by Crippen LogP contribution is 2.31. The first-order chi connectivity index (χ1) is 9.85. The van der Waals surface area contributed by atoms with E-state index in [1.54, 1.807) is 0 Å². The van der Waals surface area contributed by atoms with E-state index in [4.69, 9.17) is 22.7 Å². The maximum Gasteiger partial charge on any atom is 0.310 e. The molecule has 0 amide bonds. The average molecular weight is 307 g/mol. The Bertz CT molecular complexity index is 589. The molecular formula is C15H21N3O2S. The van der Waals surface area contributed by atoms with Crippen LogP contribution in [0, 0.1) is 25.7 Å². The van der Waals surface area contributed by atoms with Gasteiger partial charge in [0.15, 0.2) is 0 Å². The zero-order valence-corrected chi connectivity index (χ0v) is 13.7. The van der Waals surface area contributed by atoms with E-state index in [1.165, 1.54) is 7.11 Å². The summed E-state index contributed by atoms with van der Waals surface area (Å²) in [7, 11) is 1.42. The topological polar surface area (TPSA) is 68.5 Å². The van der Waals surface area contributed by atoms with Crippen molar-refractivity contribution in [2.75, 3.05) is 25.1 Å². The molecule has 6 heteroatoms. The lowest BCUT2D eigenvalue weighted by Crippen LogP contribution is -2.28. The summed E-state index contributed by atoms with van der Waals surface area (Å²) >= 11 is 5.17. The van der Waals surface area contributed by atoms with E-state index in [2.05, 4.69) is 9.88 Å². The lowest BCUT2D eigenvalue weighted by molar-refractivity contribution is -0.145. The quantitative estimate of drug-likeness (QED) is 0.675. The van der Waals surface area contributed by atoms with Gasteiger partial charge in [0.05, 0.1) is 18.6 Å². The summed E-state index contributed by atoms with van der Waals surface area (Å²) in [5.74, 6) is 0.667. The molecule has 0 bridgehead atoms. The molecule has 2 unspecified atom stereocenters. The van der Waals surface area contributed by atoms with Gasteiger partial charge in [-0.2, -0.15) is 0 Å². The molecule has 1 aromatic rings. The van der Waals surface area contributed by atoms with Crippen LogP contribution in [0.1, 0.15) is 23.7 Å².